The molecule has 0 bridgehead atoms. The number of carbonyl (C=O) groups excluding carboxylic acids is 1. The van der Waals surface area contributed by atoms with E-state index in [2.05, 4.69) is 10.6 Å². The Morgan fingerprint density at radius 3 is 2.64 bits per heavy atom. The molecule has 0 aromatic heterocycles. The van der Waals surface area contributed by atoms with Crippen LogP contribution in [0.2, 0.25) is 0 Å². The Morgan fingerprint density at radius 2 is 2.14 bits per heavy atom. The lowest BCUT2D eigenvalue weighted by Crippen LogP contribution is -2.38. The molecule has 0 fully saturated rings. The summed E-state index contributed by atoms with van der Waals surface area (Å²) >= 11 is 0. The molecule has 0 saturated carbocycles. The van der Waals surface area contributed by atoms with Gasteiger partial charge in [-0.05, 0) is 6.92 Å². The second-order valence-electron chi connectivity index (χ2n) is 2.90. The van der Waals surface area contributed by atoms with E-state index in [0.717, 1.165) is 0 Å². The fourth-order valence-corrected chi connectivity index (χ4v) is 1.00. The molecule has 1 atom stereocenters. The largest absolute Gasteiger partial charge is 0.382 e. The number of hydrogen-bond donors (Lipinski definition) is 2. The van der Waals surface area contributed by atoms with Gasteiger partial charge in [0, 0.05) is 27.3 Å². The van der Waals surface area contributed by atoms with Crippen LogP contribution in [-0.2, 0) is 14.3 Å². The van der Waals surface area contributed by atoms with Crippen LogP contribution in [0.5, 0.6) is 0 Å². The van der Waals surface area contributed by atoms with Crippen molar-refractivity contribution in [1.29, 1.82) is 0 Å². The third-order valence-electron chi connectivity index (χ3n) is 1.72. The van der Waals surface area contributed by atoms with E-state index in [1.165, 1.54) is 0 Å². The summed E-state index contributed by atoms with van der Waals surface area (Å²) in [5.41, 5.74) is 0. The van der Waals surface area contributed by atoms with Crippen molar-refractivity contribution in [2.24, 2.45) is 0 Å². The molecule has 0 aromatic rings. The highest BCUT2D eigenvalue weighted by atomic mass is 16.5. The van der Waals surface area contributed by atoms with Crippen molar-refractivity contribution < 1.29 is 14.3 Å². The van der Waals surface area contributed by atoms with Gasteiger partial charge in [-0.25, -0.2) is 0 Å². The zero-order valence-corrected chi connectivity index (χ0v) is 9.13. The number of ether oxygens (including phenoxy) is 2. The quantitative estimate of drug-likeness (QED) is 0.553. The first-order chi connectivity index (χ1) is 6.74. The van der Waals surface area contributed by atoms with Crippen molar-refractivity contribution in [2.75, 3.05) is 40.5 Å². The van der Waals surface area contributed by atoms with Crippen molar-refractivity contribution in [3.05, 3.63) is 0 Å². The first-order valence-electron chi connectivity index (χ1n) is 4.73. The van der Waals surface area contributed by atoms with Crippen LogP contribution in [-0.4, -0.2) is 52.5 Å². The molecule has 0 radical (unpaired) electrons. The van der Waals surface area contributed by atoms with Crippen LogP contribution in [0.3, 0.4) is 0 Å². The van der Waals surface area contributed by atoms with E-state index in [9.17, 15) is 4.79 Å². The zero-order valence-electron chi connectivity index (χ0n) is 9.13. The van der Waals surface area contributed by atoms with Crippen LogP contribution >= 0.6 is 0 Å². The molecule has 1 unspecified atom stereocenters. The highest BCUT2D eigenvalue weighted by molar-refractivity contribution is 5.77. The normalized spacial score (nSPS) is 12.5. The Hall–Kier alpha value is -0.650. The van der Waals surface area contributed by atoms with E-state index in [-0.39, 0.29) is 12.0 Å². The van der Waals surface area contributed by atoms with Gasteiger partial charge in [0.2, 0.25) is 5.91 Å². The standard InChI is InChI=1S/C9H20N2O3/c1-4-11-9(12)6-10-5-8(14-3)7-13-2/h8,10H,4-7H2,1-3H3,(H,11,12). The number of methoxy groups -OCH3 is 2. The van der Waals surface area contributed by atoms with E-state index < -0.39 is 0 Å². The molecule has 0 rings (SSSR count). The highest BCUT2D eigenvalue weighted by Crippen LogP contribution is 1.87. The minimum absolute atomic E-state index is 0.000213. The molecular weight excluding hydrogens is 184 g/mol. The van der Waals surface area contributed by atoms with Crippen LogP contribution in [0.25, 0.3) is 0 Å². The van der Waals surface area contributed by atoms with Gasteiger partial charge < -0.3 is 20.1 Å². The number of carbonyl (C=O) groups is 1. The van der Waals surface area contributed by atoms with Gasteiger partial charge >= 0.3 is 0 Å². The minimum atomic E-state index is -0.00516. The topological polar surface area (TPSA) is 59.6 Å². The average Bonchev–Trinajstić information content (AvgIpc) is 2.17. The molecule has 5 nitrogen and oxygen atoms in total. The Labute approximate surface area is 85.1 Å². The van der Waals surface area contributed by atoms with Gasteiger partial charge in [-0.15, -0.1) is 0 Å². The van der Waals surface area contributed by atoms with Crippen LogP contribution in [0.4, 0.5) is 0 Å². The Bertz CT molecular complexity index is 153. The monoisotopic (exact) mass is 204 g/mol. The van der Waals surface area contributed by atoms with Crippen molar-refractivity contribution in [1.82, 2.24) is 10.6 Å². The fraction of sp³-hybridized carbons (Fsp3) is 0.889. The third-order valence-corrected chi connectivity index (χ3v) is 1.72. The van der Waals surface area contributed by atoms with E-state index in [1.807, 2.05) is 6.92 Å². The Kier molecular flexibility index (Phi) is 8.51. The van der Waals surface area contributed by atoms with E-state index in [1.54, 1.807) is 14.2 Å². The summed E-state index contributed by atoms with van der Waals surface area (Å²) in [6.45, 7) is 4.00. The summed E-state index contributed by atoms with van der Waals surface area (Å²) in [6, 6.07) is 0. The lowest BCUT2D eigenvalue weighted by molar-refractivity contribution is -0.120. The molecule has 1 amide bonds. The maximum absolute atomic E-state index is 11.0. The molecule has 0 aliphatic carbocycles. The lowest BCUT2D eigenvalue weighted by Gasteiger charge is -2.14. The second kappa shape index (κ2) is 8.93. The number of amides is 1. The molecule has 2 N–H and O–H groups in total. The number of nitrogens with one attached hydrogen (secondary N) is 2. The molecule has 0 aromatic carbocycles. The maximum atomic E-state index is 11.0. The van der Waals surface area contributed by atoms with Gasteiger partial charge in [0.25, 0.3) is 0 Å². The van der Waals surface area contributed by atoms with Crippen molar-refractivity contribution in [3.8, 4) is 0 Å². The van der Waals surface area contributed by atoms with Gasteiger partial charge in [-0.3, -0.25) is 4.79 Å². The van der Waals surface area contributed by atoms with Gasteiger partial charge in [-0.1, -0.05) is 0 Å². The van der Waals surface area contributed by atoms with Gasteiger partial charge in [0.1, 0.15) is 0 Å². The van der Waals surface area contributed by atoms with Gasteiger partial charge in [0.05, 0.1) is 19.3 Å². The fourth-order valence-electron chi connectivity index (χ4n) is 1.00. The maximum Gasteiger partial charge on any atom is 0.233 e. The van der Waals surface area contributed by atoms with Crippen molar-refractivity contribution in [3.63, 3.8) is 0 Å². The predicted octanol–water partition coefficient (Wildman–Crippen LogP) is -0.626. The molecule has 84 valence electrons. The summed E-state index contributed by atoms with van der Waals surface area (Å²) in [6.07, 6.45) is -0.00516. The van der Waals surface area contributed by atoms with Gasteiger partial charge in [0.15, 0.2) is 0 Å². The summed E-state index contributed by atoms with van der Waals surface area (Å²) in [7, 11) is 3.24. The molecule has 0 aliphatic rings. The van der Waals surface area contributed by atoms with E-state index in [4.69, 9.17) is 9.47 Å². The van der Waals surface area contributed by atoms with Crippen LogP contribution < -0.4 is 10.6 Å². The highest BCUT2D eigenvalue weighted by Gasteiger charge is 2.06. The predicted molar refractivity (Wildman–Crippen MR) is 54.2 cm³/mol. The number of hydrogen-bond acceptors (Lipinski definition) is 4. The molecular formula is C9H20N2O3. The summed E-state index contributed by atoms with van der Waals surface area (Å²) in [5.74, 6) is -0.000213. The molecule has 5 heteroatoms. The molecule has 0 spiro atoms. The SMILES string of the molecule is CCNC(=O)CNCC(COC)OC. The Balaban J connectivity index is 3.45. The average molecular weight is 204 g/mol. The molecule has 0 aliphatic heterocycles. The van der Waals surface area contributed by atoms with Crippen molar-refractivity contribution >= 4 is 5.91 Å². The summed E-state index contributed by atoms with van der Waals surface area (Å²) < 4.78 is 10.0. The molecule has 0 saturated heterocycles. The van der Waals surface area contributed by atoms with Crippen molar-refractivity contribution in [2.45, 2.75) is 13.0 Å². The first-order valence-corrected chi connectivity index (χ1v) is 4.73. The van der Waals surface area contributed by atoms with Crippen LogP contribution in [0, 0.1) is 0 Å². The summed E-state index contributed by atoms with van der Waals surface area (Å²) in [5, 5.41) is 5.68. The minimum Gasteiger partial charge on any atom is -0.382 e. The van der Waals surface area contributed by atoms with E-state index in [0.29, 0.717) is 26.2 Å². The molecule has 0 heterocycles. The number of rotatable bonds is 8. The van der Waals surface area contributed by atoms with Gasteiger partial charge in [-0.2, -0.15) is 0 Å². The van der Waals surface area contributed by atoms with E-state index >= 15 is 0 Å². The Morgan fingerprint density at radius 1 is 1.43 bits per heavy atom. The third kappa shape index (κ3) is 6.82. The first kappa shape index (κ1) is 13.4. The van der Waals surface area contributed by atoms with Crippen LogP contribution in [0.15, 0.2) is 0 Å². The number of likely N-dealkylation sites (N-methyl/N-ethyl adjacent to an activating group) is 1. The zero-order chi connectivity index (χ0) is 10.8. The second-order valence-corrected chi connectivity index (χ2v) is 2.90. The summed E-state index contributed by atoms with van der Waals surface area (Å²) in [4.78, 5) is 11.0. The smallest absolute Gasteiger partial charge is 0.233 e. The van der Waals surface area contributed by atoms with Crippen LogP contribution in [0.1, 0.15) is 6.92 Å². The lowest BCUT2D eigenvalue weighted by atomic mass is 10.3. The molecule has 14 heavy (non-hydrogen) atoms.